The van der Waals surface area contributed by atoms with E-state index in [-0.39, 0.29) is 5.79 Å². The molecule has 3 heteroatoms. The van der Waals surface area contributed by atoms with Crippen LogP contribution >= 0.6 is 0 Å². The normalized spacial score (nSPS) is 42.2. The molecule has 1 saturated heterocycles. The number of hydrogen-bond acceptors (Lipinski definition) is 3. The van der Waals surface area contributed by atoms with Crippen molar-refractivity contribution in [1.82, 2.24) is 0 Å². The Balaban J connectivity index is 1.85. The molecule has 0 radical (unpaired) electrons. The van der Waals surface area contributed by atoms with Crippen molar-refractivity contribution in [1.29, 1.82) is 0 Å². The summed E-state index contributed by atoms with van der Waals surface area (Å²) in [6, 6.07) is 0. The smallest absolute Gasteiger partial charge is 0.171 e. The maximum Gasteiger partial charge on any atom is 0.171 e. The third-order valence-corrected chi connectivity index (χ3v) is 6.11. The lowest BCUT2D eigenvalue weighted by molar-refractivity contribution is -0.241. The molecule has 3 nitrogen and oxygen atoms in total. The number of carbonyl (C=O) groups is 1. The summed E-state index contributed by atoms with van der Waals surface area (Å²) in [5.74, 6) is 1.37. The van der Waals surface area contributed by atoms with Gasteiger partial charge in [0.15, 0.2) is 5.79 Å². The molecular formula is C16H26O3. The van der Waals surface area contributed by atoms with Gasteiger partial charge in [-0.05, 0) is 42.9 Å². The van der Waals surface area contributed by atoms with E-state index in [1.165, 1.54) is 25.7 Å². The third kappa shape index (κ3) is 1.97. The van der Waals surface area contributed by atoms with Crippen LogP contribution in [0, 0.1) is 23.2 Å². The Morgan fingerprint density at radius 2 is 2.00 bits per heavy atom. The zero-order chi connectivity index (χ0) is 13.5. The average Bonchev–Trinajstić information content (AvgIpc) is 2.95. The summed E-state index contributed by atoms with van der Waals surface area (Å²) in [5, 5.41) is 0. The molecule has 0 aromatic carbocycles. The van der Waals surface area contributed by atoms with Gasteiger partial charge in [-0.1, -0.05) is 13.8 Å². The molecule has 19 heavy (non-hydrogen) atoms. The molecule has 2 aliphatic carbocycles. The maximum atomic E-state index is 10.8. The van der Waals surface area contributed by atoms with E-state index in [1.54, 1.807) is 0 Å². The molecule has 0 bridgehead atoms. The Hall–Kier alpha value is -0.410. The predicted octanol–water partition coefficient (Wildman–Crippen LogP) is 3.17. The van der Waals surface area contributed by atoms with Crippen LogP contribution in [0.5, 0.6) is 0 Å². The Morgan fingerprint density at radius 3 is 2.68 bits per heavy atom. The summed E-state index contributed by atoms with van der Waals surface area (Å²) >= 11 is 0. The molecule has 1 aliphatic heterocycles. The minimum atomic E-state index is -0.289. The molecule has 2 saturated carbocycles. The van der Waals surface area contributed by atoms with Crippen LogP contribution in [0.25, 0.3) is 0 Å². The lowest BCUT2D eigenvalue weighted by atomic mass is 9.60. The van der Waals surface area contributed by atoms with E-state index in [0.29, 0.717) is 29.6 Å². The van der Waals surface area contributed by atoms with Gasteiger partial charge in [0.05, 0.1) is 13.2 Å². The van der Waals surface area contributed by atoms with Crippen molar-refractivity contribution in [3.05, 3.63) is 0 Å². The summed E-state index contributed by atoms with van der Waals surface area (Å²) in [7, 11) is 0. The largest absolute Gasteiger partial charge is 0.347 e. The van der Waals surface area contributed by atoms with Gasteiger partial charge in [0, 0.05) is 18.8 Å². The zero-order valence-corrected chi connectivity index (χ0v) is 12.2. The quantitative estimate of drug-likeness (QED) is 0.736. The molecule has 0 N–H and O–H groups in total. The zero-order valence-electron chi connectivity index (χ0n) is 12.2. The lowest BCUT2D eigenvalue weighted by Crippen LogP contribution is -2.50. The summed E-state index contributed by atoms with van der Waals surface area (Å²) in [6.45, 7) is 6.16. The number of carbonyl (C=O) groups excluding carboxylic acids is 1. The highest BCUT2D eigenvalue weighted by Gasteiger charge is 2.60. The minimum Gasteiger partial charge on any atom is -0.347 e. The predicted molar refractivity (Wildman–Crippen MR) is 72.7 cm³/mol. The van der Waals surface area contributed by atoms with Gasteiger partial charge in [-0.2, -0.15) is 0 Å². The second-order valence-corrected chi connectivity index (χ2v) is 6.98. The van der Waals surface area contributed by atoms with Crippen molar-refractivity contribution in [2.75, 3.05) is 13.2 Å². The molecule has 0 aromatic rings. The first-order valence-corrected chi connectivity index (χ1v) is 7.84. The molecule has 3 rings (SSSR count). The molecule has 0 aromatic heterocycles. The highest BCUT2D eigenvalue weighted by molar-refractivity contribution is 5.49. The second-order valence-electron chi connectivity index (χ2n) is 6.98. The third-order valence-electron chi connectivity index (χ3n) is 6.11. The molecular weight excluding hydrogens is 240 g/mol. The fraction of sp³-hybridized carbons (Fsp3) is 0.938. The van der Waals surface area contributed by atoms with E-state index in [1.807, 2.05) is 0 Å². The lowest BCUT2D eigenvalue weighted by Gasteiger charge is -2.50. The molecule has 1 heterocycles. The van der Waals surface area contributed by atoms with Crippen molar-refractivity contribution in [2.24, 2.45) is 23.2 Å². The van der Waals surface area contributed by atoms with Crippen molar-refractivity contribution < 1.29 is 14.3 Å². The van der Waals surface area contributed by atoms with E-state index >= 15 is 0 Å². The van der Waals surface area contributed by atoms with Gasteiger partial charge in [-0.15, -0.1) is 0 Å². The van der Waals surface area contributed by atoms with Crippen molar-refractivity contribution >= 4 is 6.29 Å². The fourth-order valence-corrected chi connectivity index (χ4v) is 5.30. The molecule has 4 atom stereocenters. The van der Waals surface area contributed by atoms with E-state index in [2.05, 4.69) is 13.8 Å². The van der Waals surface area contributed by atoms with Crippen LogP contribution in [0.4, 0.5) is 0 Å². The van der Waals surface area contributed by atoms with E-state index in [9.17, 15) is 4.79 Å². The molecule has 108 valence electrons. The monoisotopic (exact) mass is 266 g/mol. The molecule has 3 fully saturated rings. The van der Waals surface area contributed by atoms with Crippen LogP contribution < -0.4 is 0 Å². The van der Waals surface area contributed by atoms with Gasteiger partial charge < -0.3 is 14.3 Å². The van der Waals surface area contributed by atoms with Gasteiger partial charge in [0.2, 0.25) is 0 Å². The minimum absolute atomic E-state index is 0.289. The Bertz CT molecular complexity index is 348. The van der Waals surface area contributed by atoms with Gasteiger partial charge in [0.1, 0.15) is 6.29 Å². The first-order chi connectivity index (χ1) is 9.12. The Morgan fingerprint density at radius 1 is 1.26 bits per heavy atom. The van der Waals surface area contributed by atoms with Crippen LogP contribution in [0.3, 0.4) is 0 Å². The van der Waals surface area contributed by atoms with Crippen molar-refractivity contribution in [3.63, 3.8) is 0 Å². The van der Waals surface area contributed by atoms with Crippen LogP contribution in [-0.4, -0.2) is 25.3 Å². The molecule has 3 aliphatic rings. The number of aldehydes is 1. The number of hydrogen-bond donors (Lipinski definition) is 0. The highest BCUT2D eigenvalue weighted by Crippen LogP contribution is 2.62. The first-order valence-electron chi connectivity index (χ1n) is 7.84. The highest BCUT2D eigenvalue weighted by atomic mass is 16.7. The van der Waals surface area contributed by atoms with Crippen LogP contribution in [0.1, 0.15) is 52.4 Å². The molecule has 0 amide bonds. The summed E-state index contributed by atoms with van der Waals surface area (Å²) < 4.78 is 12.1. The van der Waals surface area contributed by atoms with Gasteiger partial charge in [-0.25, -0.2) is 0 Å². The molecule has 1 spiro atoms. The van der Waals surface area contributed by atoms with Crippen molar-refractivity contribution in [2.45, 2.75) is 58.2 Å². The standard InChI is InChI=1S/C16H26O3/c1-12(6-9-17)13-4-5-14-15(13,2)7-3-8-16(14)18-10-11-19-16/h9,12-14H,3-8,10-11H2,1-2H3/t12-,13-,14?,15-/m1/s1. The van der Waals surface area contributed by atoms with Crippen LogP contribution in [-0.2, 0) is 14.3 Å². The van der Waals surface area contributed by atoms with Gasteiger partial charge >= 0.3 is 0 Å². The Kier molecular flexibility index (Phi) is 3.46. The summed E-state index contributed by atoms with van der Waals surface area (Å²) in [6.07, 6.45) is 7.72. The van der Waals surface area contributed by atoms with Gasteiger partial charge in [-0.3, -0.25) is 0 Å². The average molecular weight is 266 g/mol. The van der Waals surface area contributed by atoms with Gasteiger partial charge in [0.25, 0.3) is 0 Å². The summed E-state index contributed by atoms with van der Waals surface area (Å²) in [5.41, 5.74) is 0.297. The van der Waals surface area contributed by atoms with Crippen molar-refractivity contribution in [3.8, 4) is 0 Å². The topological polar surface area (TPSA) is 35.5 Å². The number of ether oxygens (including phenoxy) is 2. The number of fused-ring (bicyclic) bond motifs is 2. The fourth-order valence-electron chi connectivity index (χ4n) is 5.30. The van der Waals surface area contributed by atoms with E-state index in [4.69, 9.17) is 9.47 Å². The van der Waals surface area contributed by atoms with E-state index < -0.39 is 0 Å². The SMILES string of the molecule is C[C@H](CC=O)[C@H]1CCC2C3(CCC[C@@]21C)OCCO3. The second kappa shape index (κ2) is 4.85. The first kappa shape index (κ1) is 13.6. The Labute approximate surface area is 116 Å². The summed E-state index contributed by atoms with van der Waals surface area (Å²) in [4.78, 5) is 10.8. The van der Waals surface area contributed by atoms with E-state index in [0.717, 1.165) is 25.9 Å². The van der Waals surface area contributed by atoms with Crippen LogP contribution in [0.2, 0.25) is 0 Å². The maximum absolute atomic E-state index is 10.8. The van der Waals surface area contributed by atoms with Crippen LogP contribution in [0.15, 0.2) is 0 Å². The molecule has 1 unspecified atom stereocenters. The number of rotatable bonds is 3.